The SMILES string of the molecule is N[C@H](Cc1ccccc1)C(=O)Sc1ccc2ccccc2c1.O=C(O)C(F)(F)F. The number of halogens is 3. The summed E-state index contributed by atoms with van der Waals surface area (Å²) in [6, 6.07) is 23.5. The second-order valence-corrected chi connectivity index (χ2v) is 7.11. The van der Waals surface area contributed by atoms with Crippen molar-refractivity contribution in [3.05, 3.63) is 78.4 Å². The van der Waals surface area contributed by atoms with E-state index in [-0.39, 0.29) is 5.12 Å². The zero-order valence-corrected chi connectivity index (χ0v) is 15.9. The van der Waals surface area contributed by atoms with Gasteiger partial charge in [-0.05, 0) is 34.9 Å². The minimum absolute atomic E-state index is 0.000802. The first kappa shape index (κ1) is 22.4. The number of hydrogen-bond donors (Lipinski definition) is 2. The van der Waals surface area contributed by atoms with Crippen LogP contribution in [0.25, 0.3) is 10.8 Å². The van der Waals surface area contributed by atoms with Gasteiger partial charge in [-0.2, -0.15) is 13.2 Å². The molecule has 3 aromatic carbocycles. The Kier molecular flexibility index (Phi) is 7.81. The molecule has 152 valence electrons. The lowest BCUT2D eigenvalue weighted by Crippen LogP contribution is -2.30. The fourth-order valence-electron chi connectivity index (χ4n) is 2.37. The zero-order chi connectivity index (χ0) is 21.4. The van der Waals surface area contributed by atoms with Crippen molar-refractivity contribution in [1.29, 1.82) is 0 Å². The molecule has 0 aliphatic carbocycles. The highest BCUT2D eigenvalue weighted by Crippen LogP contribution is 2.25. The molecule has 0 spiro atoms. The van der Waals surface area contributed by atoms with E-state index in [0.29, 0.717) is 6.42 Å². The molecular formula is C21H18F3NO3S. The quantitative estimate of drug-likeness (QED) is 0.599. The van der Waals surface area contributed by atoms with E-state index in [9.17, 15) is 18.0 Å². The van der Waals surface area contributed by atoms with Crippen molar-refractivity contribution in [2.24, 2.45) is 5.73 Å². The molecule has 29 heavy (non-hydrogen) atoms. The topological polar surface area (TPSA) is 80.4 Å². The number of carbonyl (C=O) groups excluding carboxylic acids is 1. The Balaban J connectivity index is 0.000000370. The van der Waals surface area contributed by atoms with Gasteiger partial charge in [-0.1, -0.05) is 72.4 Å². The highest BCUT2D eigenvalue weighted by atomic mass is 32.2. The number of aliphatic carboxylic acids is 1. The summed E-state index contributed by atoms with van der Waals surface area (Å²) in [6.07, 6.45) is -4.51. The molecule has 0 saturated carbocycles. The summed E-state index contributed by atoms with van der Waals surface area (Å²) >= 11 is 1.22. The van der Waals surface area contributed by atoms with Crippen LogP contribution in [0.2, 0.25) is 0 Å². The number of nitrogens with two attached hydrogens (primary N) is 1. The van der Waals surface area contributed by atoms with Gasteiger partial charge in [-0.25, -0.2) is 4.79 Å². The highest BCUT2D eigenvalue weighted by Gasteiger charge is 2.38. The van der Waals surface area contributed by atoms with Gasteiger partial charge in [0.05, 0.1) is 6.04 Å². The molecule has 0 aliphatic heterocycles. The second-order valence-electron chi connectivity index (χ2n) is 6.03. The first-order valence-corrected chi connectivity index (χ1v) is 9.28. The Bertz CT molecular complexity index is 978. The molecule has 0 aromatic heterocycles. The van der Waals surface area contributed by atoms with Gasteiger partial charge in [-0.3, -0.25) is 4.79 Å². The van der Waals surface area contributed by atoms with Gasteiger partial charge in [0.25, 0.3) is 0 Å². The molecule has 0 fully saturated rings. The molecule has 4 nitrogen and oxygen atoms in total. The summed E-state index contributed by atoms with van der Waals surface area (Å²) in [5.41, 5.74) is 7.12. The maximum absolute atomic E-state index is 12.3. The number of carbonyl (C=O) groups is 2. The van der Waals surface area contributed by atoms with Crippen molar-refractivity contribution in [1.82, 2.24) is 0 Å². The van der Waals surface area contributed by atoms with E-state index in [4.69, 9.17) is 15.6 Å². The van der Waals surface area contributed by atoms with E-state index >= 15 is 0 Å². The fraction of sp³-hybridized carbons (Fsp3) is 0.143. The molecule has 1 atom stereocenters. The number of thioether (sulfide) groups is 1. The number of hydrogen-bond acceptors (Lipinski definition) is 4. The summed E-state index contributed by atoms with van der Waals surface area (Å²) in [5.74, 6) is -2.76. The molecule has 0 radical (unpaired) electrons. The minimum Gasteiger partial charge on any atom is -0.475 e. The summed E-state index contributed by atoms with van der Waals surface area (Å²) in [6.45, 7) is 0. The third-order valence-corrected chi connectivity index (χ3v) is 4.78. The summed E-state index contributed by atoms with van der Waals surface area (Å²) in [5, 5.41) is 9.43. The second kappa shape index (κ2) is 10.1. The number of carboxylic acid groups (broad SMARTS) is 1. The lowest BCUT2D eigenvalue weighted by Gasteiger charge is -2.10. The van der Waals surface area contributed by atoms with Gasteiger partial charge < -0.3 is 10.8 Å². The zero-order valence-electron chi connectivity index (χ0n) is 15.1. The largest absolute Gasteiger partial charge is 0.490 e. The van der Waals surface area contributed by atoms with Crippen molar-refractivity contribution in [2.75, 3.05) is 0 Å². The first-order valence-electron chi connectivity index (χ1n) is 8.47. The number of alkyl halides is 3. The molecule has 0 amide bonds. The van der Waals surface area contributed by atoms with Crippen LogP contribution in [-0.4, -0.2) is 28.4 Å². The van der Waals surface area contributed by atoms with Crippen LogP contribution in [0.1, 0.15) is 5.56 Å². The molecule has 8 heteroatoms. The van der Waals surface area contributed by atoms with E-state index in [2.05, 4.69) is 6.07 Å². The molecule has 0 saturated heterocycles. The van der Waals surface area contributed by atoms with Crippen LogP contribution in [0, 0.1) is 0 Å². The normalized spacial score (nSPS) is 12.0. The van der Waals surface area contributed by atoms with Crippen LogP contribution in [0.15, 0.2) is 77.7 Å². The van der Waals surface area contributed by atoms with Crippen LogP contribution < -0.4 is 5.73 Å². The smallest absolute Gasteiger partial charge is 0.475 e. The van der Waals surface area contributed by atoms with Gasteiger partial charge in [-0.15, -0.1) is 0 Å². The van der Waals surface area contributed by atoms with E-state index in [1.165, 1.54) is 17.1 Å². The van der Waals surface area contributed by atoms with Gasteiger partial charge >= 0.3 is 12.1 Å². The van der Waals surface area contributed by atoms with Gasteiger partial charge in [0.2, 0.25) is 5.12 Å². The predicted molar refractivity (Wildman–Crippen MR) is 107 cm³/mol. The van der Waals surface area contributed by atoms with E-state index in [0.717, 1.165) is 15.8 Å². The minimum atomic E-state index is -5.08. The van der Waals surface area contributed by atoms with Crippen molar-refractivity contribution < 1.29 is 27.9 Å². The van der Waals surface area contributed by atoms with Crippen LogP contribution >= 0.6 is 11.8 Å². The van der Waals surface area contributed by atoms with Crippen LogP contribution in [-0.2, 0) is 16.0 Å². The lowest BCUT2D eigenvalue weighted by atomic mass is 10.1. The lowest BCUT2D eigenvalue weighted by molar-refractivity contribution is -0.192. The fourth-order valence-corrected chi connectivity index (χ4v) is 3.16. The Morgan fingerprint density at radius 1 is 0.931 bits per heavy atom. The van der Waals surface area contributed by atoms with E-state index in [1.54, 1.807) is 0 Å². The molecule has 0 bridgehead atoms. The van der Waals surface area contributed by atoms with Crippen molar-refractivity contribution in [2.45, 2.75) is 23.5 Å². The third kappa shape index (κ3) is 7.24. The molecule has 3 aromatic rings. The third-order valence-electron chi connectivity index (χ3n) is 3.78. The maximum Gasteiger partial charge on any atom is 0.490 e. The van der Waals surface area contributed by atoms with E-state index < -0.39 is 18.2 Å². The van der Waals surface area contributed by atoms with Gasteiger partial charge in [0, 0.05) is 4.90 Å². The van der Waals surface area contributed by atoms with Gasteiger partial charge in [0.15, 0.2) is 0 Å². The Hall–Kier alpha value is -2.84. The molecule has 0 aliphatic rings. The Morgan fingerprint density at radius 2 is 1.48 bits per heavy atom. The molecule has 3 rings (SSSR count). The van der Waals surface area contributed by atoms with Crippen molar-refractivity contribution in [3.8, 4) is 0 Å². The molecular weight excluding hydrogens is 403 g/mol. The Labute approximate surface area is 169 Å². The number of carboxylic acids is 1. The number of fused-ring (bicyclic) bond motifs is 1. The number of rotatable bonds is 4. The van der Waals surface area contributed by atoms with Crippen LogP contribution in [0.3, 0.4) is 0 Å². The van der Waals surface area contributed by atoms with Crippen LogP contribution in [0.4, 0.5) is 13.2 Å². The summed E-state index contributed by atoms with van der Waals surface area (Å²) in [4.78, 5) is 22.1. The van der Waals surface area contributed by atoms with Crippen LogP contribution in [0.5, 0.6) is 0 Å². The van der Waals surface area contributed by atoms with Gasteiger partial charge in [0.1, 0.15) is 0 Å². The van der Waals surface area contributed by atoms with E-state index in [1.807, 2.05) is 66.7 Å². The Morgan fingerprint density at radius 3 is 2.07 bits per heavy atom. The maximum atomic E-state index is 12.3. The monoisotopic (exact) mass is 421 g/mol. The average Bonchev–Trinajstić information content (AvgIpc) is 2.68. The predicted octanol–water partition coefficient (Wildman–Crippen LogP) is 4.66. The molecule has 0 unspecified atom stereocenters. The molecule has 0 heterocycles. The summed E-state index contributed by atoms with van der Waals surface area (Å²) in [7, 11) is 0. The van der Waals surface area contributed by atoms with Crippen molar-refractivity contribution in [3.63, 3.8) is 0 Å². The standard InChI is InChI=1S/C19H17NOS.C2HF3O2/c20-18(12-14-6-2-1-3-7-14)19(21)22-17-11-10-15-8-4-5-9-16(15)13-17;3-2(4,5)1(6)7/h1-11,13,18H,12,20H2;(H,6,7)/t18-;/m1./s1. The first-order chi connectivity index (χ1) is 13.7. The average molecular weight is 421 g/mol. The highest BCUT2D eigenvalue weighted by molar-refractivity contribution is 8.13. The number of benzene rings is 3. The molecule has 3 N–H and O–H groups in total. The van der Waals surface area contributed by atoms with Crippen molar-refractivity contribution >= 4 is 33.6 Å². The summed E-state index contributed by atoms with van der Waals surface area (Å²) < 4.78 is 31.7.